The van der Waals surface area contributed by atoms with Gasteiger partial charge < -0.3 is 4.90 Å². The number of halogens is 1. The molecule has 0 amide bonds. The van der Waals surface area contributed by atoms with Crippen molar-refractivity contribution in [1.82, 2.24) is 9.71 Å². The standard InChI is InChI=1S/C18H22FN3O2S/c1-13-6-7-16(19)17(12-13)25(23,24)21-15-8-10-22(11-9-15)18-5-3-4-14(2)20-18/h3-7,12,15,21H,8-11H2,1-2H3. The third kappa shape index (κ3) is 4.16. The zero-order valence-corrected chi connectivity index (χ0v) is 15.2. The fraction of sp³-hybridized carbons (Fsp3) is 0.389. The smallest absolute Gasteiger partial charge is 0.243 e. The highest BCUT2D eigenvalue weighted by atomic mass is 32.2. The van der Waals surface area contributed by atoms with Gasteiger partial charge in [0.15, 0.2) is 0 Å². The van der Waals surface area contributed by atoms with Crippen LogP contribution in [0.5, 0.6) is 0 Å². The molecule has 25 heavy (non-hydrogen) atoms. The molecule has 134 valence electrons. The van der Waals surface area contributed by atoms with Crippen LogP contribution < -0.4 is 9.62 Å². The number of hydrogen-bond donors (Lipinski definition) is 1. The molecule has 1 fully saturated rings. The zero-order valence-electron chi connectivity index (χ0n) is 14.4. The van der Waals surface area contributed by atoms with Gasteiger partial charge in [-0.15, -0.1) is 0 Å². The lowest BCUT2D eigenvalue weighted by molar-refractivity contribution is 0.456. The normalized spacial score (nSPS) is 16.2. The van der Waals surface area contributed by atoms with Crippen LogP contribution in [-0.2, 0) is 10.0 Å². The van der Waals surface area contributed by atoms with Crippen molar-refractivity contribution in [3.05, 3.63) is 53.5 Å². The number of nitrogens with one attached hydrogen (secondary N) is 1. The van der Waals surface area contributed by atoms with E-state index in [4.69, 9.17) is 0 Å². The number of aryl methyl sites for hydroxylation is 2. The third-order valence-corrected chi connectivity index (χ3v) is 5.93. The Labute approximate surface area is 147 Å². The van der Waals surface area contributed by atoms with Crippen LogP contribution >= 0.6 is 0 Å². The Balaban J connectivity index is 1.66. The van der Waals surface area contributed by atoms with Crippen molar-refractivity contribution in [1.29, 1.82) is 0 Å². The van der Waals surface area contributed by atoms with Gasteiger partial charge in [-0.3, -0.25) is 0 Å². The maximum absolute atomic E-state index is 13.9. The molecule has 1 aromatic heterocycles. The van der Waals surface area contributed by atoms with Crippen LogP contribution in [0, 0.1) is 19.7 Å². The molecule has 0 radical (unpaired) electrons. The minimum Gasteiger partial charge on any atom is -0.356 e. The molecule has 0 unspecified atom stereocenters. The van der Waals surface area contributed by atoms with Crippen LogP contribution in [0.1, 0.15) is 24.1 Å². The van der Waals surface area contributed by atoms with E-state index in [2.05, 4.69) is 14.6 Å². The Hall–Kier alpha value is -1.99. The molecule has 0 bridgehead atoms. The van der Waals surface area contributed by atoms with Gasteiger partial charge in [0.25, 0.3) is 0 Å². The second-order valence-electron chi connectivity index (χ2n) is 6.45. The molecule has 7 heteroatoms. The number of benzene rings is 1. The van der Waals surface area contributed by atoms with E-state index in [9.17, 15) is 12.8 Å². The van der Waals surface area contributed by atoms with Crippen molar-refractivity contribution in [3.8, 4) is 0 Å². The van der Waals surface area contributed by atoms with Gasteiger partial charge in [-0.2, -0.15) is 0 Å². The minimum absolute atomic E-state index is 0.203. The Kier molecular flexibility index (Phi) is 5.06. The van der Waals surface area contributed by atoms with Crippen molar-refractivity contribution in [2.45, 2.75) is 37.6 Å². The van der Waals surface area contributed by atoms with Crippen LogP contribution in [0.4, 0.5) is 10.2 Å². The van der Waals surface area contributed by atoms with Crippen LogP contribution in [0.2, 0.25) is 0 Å². The summed E-state index contributed by atoms with van der Waals surface area (Å²) in [4.78, 5) is 6.36. The summed E-state index contributed by atoms with van der Waals surface area (Å²) in [6.07, 6.45) is 1.31. The fourth-order valence-corrected chi connectivity index (χ4v) is 4.50. The van der Waals surface area contributed by atoms with Crippen LogP contribution in [0.25, 0.3) is 0 Å². The van der Waals surface area contributed by atoms with Gasteiger partial charge in [0.1, 0.15) is 16.5 Å². The highest BCUT2D eigenvalue weighted by Crippen LogP contribution is 2.21. The van der Waals surface area contributed by atoms with E-state index >= 15 is 0 Å². The van der Waals surface area contributed by atoms with Gasteiger partial charge in [0.05, 0.1) is 0 Å². The number of rotatable bonds is 4. The van der Waals surface area contributed by atoms with Crippen LogP contribution in [-0.4, -0.2) is 32.5 Å². The lowest BCUT2D eigenvalue weighted by Gasteiger charge is -2.33. The van der Waals surface area contributed by atoms with E-state index in [0.29, 0.717) is 31.5 Å². The summed E-state index contributed by atoms with van der Waals surface area (Å²) in [6, 6.07) is 9.78. The largest absolute Gasteiger partial charge is 0.356 e. The summed E-state index contributed by atoms with van der Waals surface area (Å²) < 4.78 is 41.5. The van der Waals surface area contributed by atoms with Gasteiger partial charge >= 0.3 is 0 Å². The second kappa shape index (κ2) is 7.09. The number of anilines is 1. The predicted octanol–water partition coefficient (Wildman–Crippen LogP) is 2.78. The maximum Gasteiger partial charge on any atom is 0.243 e. The zero-order chi connectivity index (χ0) is 18.0. The van der Waals surface area contributed by atoms with E-state index in [0.717, 1.165) is 11.5 Å². The lowest BCUT2D eigenvalue weighted by atomic mass is 10.1. The first-order chi connectivity index (χ1) is 11.8. The Bertz CT molecular complexity index is 862. The van der Waals surface area contributed by atoms with Gasteiger partial charge in [-0.1, -0.05) is 12.1 Å². The molecule has 0 atom stereocenters. The molecule has 1 aromatic carbocycles. The SMILES string of the molecule is Cc1ccc(F)c(S(=O)(=O)NC2CCN(c3cccc(C)n3)CC2)c1. The van der Waals surface area contributed by atoms with E-state index in [-0.39, 0.29) is 10.9 Å². The third-order valence-electron chi connectivity index (χ3n) is 4.39. The van der Waals surface area contributed by atoms with Crippen molar-refractivity contribution in [2.75, 3.05) is 18.0 Å². The number of sulfonamides is 1. The Morgan fingerprint density at radius 1 is 1.16 bits per heavy atom. The Morgan fingerprint density at radius 3 is 2.56 bits per heavy atom. The quantitative estimate of drug-likeness (QED) is 0.907. The first-order valence-electron chi connectivity index (χ1n) is 8.32. The topological polar surface area (TPSA) is 62.3 Å². The monoisotopic (exact) mass is 363 g/mol. The average Bonchev–Trinajstić information content (AvgIpc) is 2.57. The predicted molar refractivity (Wildman–Crippen MR) is 95.7 cm³/mol. The number of aromatic nitrogens is 1. The average molecular weight is 363 g/mol. The highest BCUT2D eigenvalue weighted by Gasteiger charge is 2.27. The van der Waals surface area contributed by atoms with Gasteiger partial charge in [-0.25, -0.2) is 22.5 Å². The second-order valence-corrected chi connectivity index (χ2v) is 8.14. The summed E-state index contributed by atoms with van der Waals surface area (Å²) in [5.41, 5.74) is 1.66. The van der Waals surface area contributed by atoms with Gasteiger partial charge in [0.2, 0.25) is 10.0 Å². The molecule has 2 aromatic rings. The molecular formula is C18H22FN3O2S. The summed E-state index contributed by atoms with van der Waals surface area (Å²) >= 11 is 0. The summed E-state index contributed by atoms with van der Waals surface area (Å²) in [5.74, 6) is 0.186. The Morgan fingerprint density at radius 2 is 1.88 bits per heavy atom. The number of nitrogens with zero attached hydrogens (tertiary/aromatic N) is 2. The fourth-order valence-electron chi connectivity index (χ4n) is 3.03. The number of pyridine rings is 1. The van der Waals surface area contributed by atoms with E-state index in [1.807, 2.05) is 25.1 Å². The first kappa shape index (κ1) is 17.8. The molecule has 1 N–H and O–H groups in total. The molecular weight excluding hydrogens is 341 g/mol. The lowest BCUT2D eigenvalue weighted by Crippen LogP contribution is -2.45. The summed E-state index contributed by atoms with van der Waals surface area (Å²) in [7, 11) is -3.86. The molecule has 2 heterocycles. The number of piperidine rings is 1. The van der Waals surface area contributed by atoms with Gasteiger partial charge in [-0.05, 0) is 56.5 Å². The molecule has 1 aliphatic rings. The van der Waals surface area contributed by atoms with E-state index < -0.39 is 15.8 Å². The van der Waals surface area contributed by atoms with E-state index in [1.54, 1.807) is 13.0 Å². The molecule has 0 saturated carbocycles. The van der Waals surface area contributed by atoms with Crippen LogP contribution in [0.15, 0.2) is 41.3 Å². The maximum atomic E-state index is 13.9. The molecule has 0 spiro atoms. The van der Waals surface area contributed by atoms with Crippen molar-refractivity contribution >= 4 is 15.8 Å². The van der Waals surface area contributed by atoms with Gasteiger partial charge in [0, 0.05) is 24.8 Å². The minimum atomic E-state index is -3.86. The van der Waals surface area contributed by atoms with E-state index in [1.165, 1.54) is 12.1 Å². The van der Waals surface area contributed by atoms with Crippen LogP contribution in [0.3, 0.4) is 0 Å². The first-order valence-corrected chi connectivity index (χ1v) is 9.80. The molecule has 5 nitrogen and oxygen atoms in total. The summed E-state index contributed by atoms with van der Waals surface area (Å²) in [6.45, 7) is 5.10. The molecule has 3 rings (SSSR count). The molecule has 1 saturated heterocycles. The molecule has 0 aliphatic carbocycles. The highest BCUT2D eigenvalue weighted by molar-refractivity contribution is 7.89. The van der Waals surface area contributed by atoms with Crippen molar-refractivity contribution in [3.63, 3.8) is 0 Å². The van der Waals surface area contributed by atoms with Crippen molar-refractivity contribution in [2.24, 2.45) is 0 Å². The van der Waals surface area contributed by atoms with Crippen molar-refractivity contribution < 1.29 is 12.8 Å². The number of hydrogen-bond acceptors (Lipinski definition) is 4. The summed E-state index contributed by atoms with van der Waals surface area (Å²) in [5, 5.41) is 0. The molecule has 1 aliphatic heterocycles.